The minimum Gasteiger partial charge on any atom is -0.213 e. The van der Waals surface area contributed by atoms with Crippen LogP contribution in [0.2, 0.25) is 0 Å². The summed E-state index contributed by atoms with van der Waals surface area (Å²) in [6.45, 7) is 0. The maximum absolute atomic E-state index is 4.16. The Morgan fingerprint density at radius 2 is 1.89 bits per heavy atom. The summed E-state index contributed by atoms with van der Waals surface area (Å²) >= 11 is 4.16. The topological polar surface area (TPSA) is 0 Å². The molecule has 1 aliphatic heterocycles. The van der Waals surface area contributed by atoms with E-state index in [0.717, 1.165) is 5.75 Å². The first kappa shape index (κ1) is 7.29. The normalized spacial score (nSPS) is 19.4. The fourth-order valence-corrected chi connectivity index (χ4v) is 2.74. The molecule has 0 aromatic carbocycles. The second kappa shape index (κ2) is 4.07. The van der Waals surface area contributed by atoms with Gasteiger partial charge in [-0.05, 0) is 28.7 Å². The molecule has 0 amide bonds. The molecule has 0 fully saturated rings. The van der Waals surface area contributed by atoms with Crippen molar-refractivity contribution in [1.29, 1.82) is 0 Å². The van der Waals surface area contributed by atoms with Crippen LogP contribution in [0, 0.1) is 0 Å². The monoisotopic (exact) mass is 160 g/mol. The van der Waals surface area contributed by atoms with E-state index >= 15 is 0 Å². The van der Waals surface area contributed by atoms with Crippen molar-refractivity contribution in [3.05, 3.63) is 23.0 Å². The van der Waals surface area contributed by atoms with Crippen molar-refractivity contribution in [2.45, 2.75) is 6.42 Å². The zero-order chi connectivity index (χ0) is 6.53. The molecule has 1 heterocycles. The third-order valence-electron chi connectivity index (χ3n) is 1.24. The van der Waals surface area contributed by atoms with Crippen molar-refractivity contribution in [1.82, 2.24) is 0 Å². The van der Waals surface area contributed by atoms with E-state index in [9.17, 15) is 0 Å². The van der Waals surface area contributed by atoms with Gasteiger partial charge < -0.3 is 0 Å². The summed E-state index contributed by atoms with van der Waals surface area (Å²) in [5.74, 6) is 2.35. The van der Waals surface area contributed by atoms with E-state index in [1.54, 1.807) is 0 Å². The Morgan fingerprint density at radius 1 is 1.22 bits per heavy atom. The highest BCUT2D eigenvalue weighted by Gasteiger charge is 1.95. The molecule has 9 heavy (non-hydrogen) atoms. The fourth-order valence-electron chi connectivity index (χ4n) is 0.773. The van der Waals surface area contributed by atoms with E-state index in [2.05, 4.69) is 35.6 Å². The van der Waals surface area contributed by atoms with Crippen LogP contribution in [0.1, 0.15) is 6.42 Å². The number of rotatable bonds is 3. The summed E-state index contributed by atoms with van der Waals surface area (Å²) in [5.41, 5.74) is 0. The summed E-state index contributed by atoms with van der Waals surface area (Å²) in [7, 11) is 0.139. The highest BCUT2D eigenvalue weighted by Crippen LogP contribution is 2.32. The lowest BCUT2D eigenvalue weighted by molar-refractivity contribution is 1.13. The van der Waals surface area contributed by atoms with Crippen LogP contribution in [0.15, 0.2) is 23.0 Å². The largest absolute Gasteiger partial charge is 0.213 e. The molecule has 52 valence electrons. The molecule has 1 aliphatic rings. The van der Waals surface area contributed by atoms with Crippen LogP contribution < -0.4 is 0 Å². The van der Waals surface area contributed by atoms with Gasteiger partial charge in [-0.2, -0.15) is 12.6 Å². The quantitative estimate of drug-likeness (QED) is 0.582. The Morgan fingerprint density at radius 3 is 2.44 bits per heavy atom. The summed E-state index contributed by atoms with van der Waals surface area (Å²) in [6.07, 6.45) is 5.54. The average molecular weight is 160 g/mol. The van der Waals surface area contributed by atoms with Crippen LogP contribution in [-0.4, -0.2) is 11.5 Å². The van der Waals surface area contributed by atoms with Gasteiger partial charge in [0.15, 0.2) is 0 Å². The van der Waals surface area contributed by atoms with Crippen molar-refractivity contribution in [3.8, 4) is 0 Å². The van der Waals surface area contributed by atoms with Gasteiger partial charge in [0, 0.05) is 0 Å². The number of allylic oxidation sites excluding steroid dienone is 2. The van der Waals surface area contributed by atoms with Gasteiger partial charge in [0.1, 0.15) is 0 Å². The molecule has 0 aliphatic carbocycles. The van der Waals surface area contributed by atoms with E-state index < -0.39 is 0 Å². The summed E-state index contributed by atoms with van der Waals surface area (Å²) in [5, 5.41) is 4.61. The van der Waals surface area contributed by atoms with Crippen molar-refractivity contribution in [2.75, 3.05) is 11.5 Å². The minimum atomic E-state index is 0.139. The van der Waals surface area contributed by atoms with Crippen LogP contribution >= 0.6 is 23.5 Å². The zero-order valence-electron chi connectivity index (χ0n) is 5.33. The predicted molar refractivity (Wildman–Crippen MR) is 50.6 cm³/mol. The lowest BCUT2D eigenvalue weighted by Crippen LogP contribution is -1.82. The number of hydrogen-bond donors (Lipinski definition) is 2. The first-order chi connectivity index (χ1) is 4.43. The van der Waals surface area contributed by atoms with E-state index in [-0.39, 0.29) is 10.9 Å². The van der Waals surface area contributed by atoms with Gasteiger partial charge in [-0.3, -0.25) is 0 Å². The molecule has 0 atom stereocenters. The minimum absolute atomic E-state index is 0.139. The zero-order valence-corrected chi connectivity index (χ0v) is 7.11. The van der Waals surface area contributed by atoms with Crippen LogP contribution in [0.4, 0.5) is 0 Å². The molecule has 0 nitrogen and oxygen atoms in total. The van der Waals surface area contributed by atoms with E-state index in [4.69, 9.17) is 0 Å². The molecule has 2 heteroatoms. The smallest absolute Gasteiger partial charge is 0.00905 e. The second-order valence-corrected chi connectivity index (χ2v) is 4.52. The SMILES string of the molecule is SCCC[SH]1C=CC=C1. The molecular formula is C7H12S2. The summed E-state index contributed by atoms with van der Waals surface area (Å²) < 4.78 is 0. The molecule has 1 rings (SSSR count). The highest BCUT2D eigenvalue weighted by atomic mass is 32.2. The predicted octanol–water partition coefficient (Wildman–Crippen LogP) is 2.35. The molecule has 0 aromatic rings. The second-order valence-electron chi connectivity index (χ2n) is 2.00. The molecule has 0 saturated carbocycles. The summed E-state index contributed by atoms with van der Waals surface area (Å²) in [6, 6.07) is 0. The van der Waals surface area contributed by atoms with Crippen molar-refractivity contribution < 1.29 is 0 Å². The maximum Gasteiger partial charge on any atom is -0.00905 e. The number of hydrogen-bond acceptors (Lipinski definition) is 1. The molecule has 0 bridgehead atoms. The molecule has 0 unspecified atom stereocenters. The average Bonchev–Trinajstić information content (AvgIpc) is 2.34. The van der Waals surface area contributed by atoms with E-state index in [1.165, 1.54) is 12.2 Å². The Kier molecular flexibility index (Phi) is 3.30. The first-order valence-corrected chi connectivity index (χ1v) is 5.45. The van der Waals surface area contributed by atoms with Gasteiger partial charge in [-0.15, -0.1) is 0 Å². The third kappa shape index (κ3) is 2.50. The van der Waals surface area contributed by atoms with E-state index in [0.29, 0.717) is 0 Å². The fraction of sp³-hybridized carbons (Fsp3) is 0.429. The lowest BCUT2D eigenvalue weighted by atomic mass is 10.6. The van der Waals surface area contributed by atoms with Crippen LogP contribution in [0.3, 0.4) is 0 Å². The van der Waals surface area contributed by atoms with Crippen molar-refractivity contribution in [2.24, 2.45) is 0 Å². The van der Waals surface area contributed by atoms with Gasteiger partial charge >= 0.3 is 0 Å². The molecule has 0 radical (unpaired) electrons. The van der Waals surface area contributed by atoms with Crippen molar-refractivity contribution in [3.63, 3.8) is 0 Å². The molecular weight excluding hydrogens is 148 g/mol. The van der Waals surface area contributed by atoms with Crippen LogP contribution in [0.5, 0.6) is 0 Å². The first-order valence-electron chi connectivity index (χ1n) is 3.15. The Balaban J connectivity index is 2.13. The Bertz CT molecular complexity index is 115. The maximum atomic E-state index is 4.16. The molecule has 0 N–H and O–H groups in total. The van der Waals surface area contributed by atoms with Crippen LogP contribution in [-0.2, 0) is 0 Å². The van der Waals surface area contributed by atoms with Gasteiger partial charge in [-0.25, -0.2) is 10.9 Å². The number of thiol groups is 2. The Labute approximate surface area is 64.8 Å². The van der Waals surface area contributed by atoms with Gasteiger partial charge in [-0.1, -0.05) is 12.2 Å². The third-order valence-corrected chi connectivity index (χ3v) is 3.50. The van der Waals surface area contributed by atoms with Crippen LogP contribution in [0.25, 0.3) is 0 Å². The molecule has 0 aromatic heterocycles. The van der Waals surface area contributed by atoms with Gasteiger partial charge in [0.05, 0.1) is 0 Å². The van der Waals surface area contributed by atoms with Gasteiger partial charge in [0.2, 0.25) is 0 Å². The highest BCUT2D eigenvalue weighted by molar-refractivity contribution is 8.22. The van der Waals surface area contributed by atoms with E-state index in [1.807, 2.05) is 0 Å². The van der Waals surface area contributed by atoms with Crippen molar-refractivity contribution >= 4 is 23.5 Å². The Hall–Kier alpha value is 0.180. The molecule has 0 spiro atoms. The molecule has 0 saturated heterocycles. The summed E-state index contributed by atoms with van der Waals surface area (Å²) in [4.78, 5) is 0. The standard InChI is InChI=1S/C7H12S2/c8-4-3-7-9-5-1-2-6-9/h1-2,5-6,8-9H,3-4,7H2. The van der Waals surface area contributed by atoms with Gasteiger partial charge in [0.25, 0.3) is 0 Å². The lowest BCUT2D eigenvalue weighted by Gasteiger charge is -2.06.